The summed E-state index contributed by atoms with van der Waals surface area (Å²) in [5.41, 5.74) is 0. The first-order valence-corrected chi connectivity index (χ1v) is 3.47. The zero-order valence-corrected chi connectivity index (χ0v) is 5.77. The molecule has 52 valence electrons. The molecule has 9 heavy (non-hydrogen) atoms. The van der Waals surface area contributed by atoms with Crippen molar-refractivity contribution < 1.29 is 0 Å². The van der Waals surface area contributed by atoms with Gasteiger partial charge in [0.2, 0.25) is 0 Å². The summed E-state index contributed by atoms with van der Waals surface area (Å²) in [6, 6.07) is 0. The van der Waals surface area contributed by atoms with E-state index in [1.807, 2.05) is 6.08 Å². The van der Waals surface area contributed by atoms with Gasteiger partial charge in [0, 0.05) is 32.7 Å². The largest absolute Gasteiger partial charge is 0.314 e. The lowest BCUT2D eigenvalue weighted by Gasteiger charge is -2.25. The third kappa shape index (κ3) is 2.16. The minimum atomic E-state index is 1.04. The average Bonchev–Trinajstić information content (AvgIpc) is 1.91. The SMILES string of the molecule is C=CCN1CCNC[13CH2]1. The van der Waals surface area contributed by atoms with E-state index in [4.69, 9.17) is 0 Å². The quantitative estimate of drug-likeness (QED) is 0.417. The molecule has 1 fully saturated rings. The lowest BCUT2D eigenvalue weighted by atomic mass is 10.4. The minimum Gasteiger partial charge on any atom is -0.314 e. The van der Waals surface area contributed by atoms with Crippen LogP contribution in [0.15, 0.2) is 12.7 Å². The molecular weight excluding hydrogens is 113 g/mol. The van der Waals surface area contributed by atoms with Crippen LogP contribution in [-0.2, 0) is 0 Å². The number of rotatable bonds is 2. The van der Waals surface area contributed by atoms with Crippen molar-refractivity contribution in [3.63, 3.8) is 0 Å². The average molecular weight is 127 g/mol. The molecule has 1 N–H and O–H groups in total. The fraction of sp³-hybridized carbons (Fsp3) is 0.714. The van der Waals surface area contributed by atoms with Crippen LogP contribution in [0.1, 0.15) is 0 Å². The van der Waals surface area contributed by atoms with Crippen molar-refractivity contribution in [1.82, 2.24) is 10.2 Å². The Balaban J connectivity index is 2.15. The Hall–Kier alpha value is -0.340. The maximum absolute atomic E-state index is 3.69. The molecule has 0 aliphatic carbocycles. The van der Waals surface area contributed by atoms with Crippen LogP contribution in [0.5, 0.6) is 0 Å². The second-order valence-corrected chi connectivity index (χ2v) is 2.34. The van der Waals surface area contributed by atoms with Crippen molar-refractivity contribution >= 4 is 0 Å². The first-order valence-electron chi connectivity index (χ1n) is 3.47. The van der Waals surface area contributed by atoms with Gasteiger partial charge in [0.05, 0.1) is 0 Å². The van der Waals surface area contributed by atoms with Gasteiger partial charge < -0.3 is 5.32 Å². The van der Waals surface area contributed by atoms with Crippen molar-refractivity contribution in [1.29, 1.82) is 0 Å². The van der Waals surface area contributed by atoms with Gasteiger partial charge in [0.1, 0.15) is 0 Å². The highest BCUT2D eigenvalue weighted by molar-refractivity contribution is 4.76. The molecule has 1 aliphatic heterocycles. The number of piperazine rings is 1. The fourth-order valence-corrected chi connectivity index (χ4v) is 1.08. The van der Waals surface area contributed by atoms with Gasteiger partial charge in [-0.2, -0.15) is 0 Å². The molecule has 1 rings (SSSR count). The van der Waals surface area contributed by atoms with Gasteiger partial charge >= 0.3 is 0 Å². The summed E-state index contributed by atoms with van der Waals surface area (Å²) in [5.74, 6) is 0. The molecule has 0 bridgehead atoms. The molecular formula is C7H14N2. The van der Waals surface area contributed by atoms with Crippen LogP contribution in [0.4, 0.5) is 0 Å². The molecule has 0 amide bonds. The lowest BCUT2D eigenvalue weighted by Crippen LogP contribution is -2.43. The Bertz CT molecular complexity index is 84.9. The van der Waals surface area contributed by atoms with Crippen molar-refractivity contribution in [2.45, 2.75) is 0 Å². The predicted octanol–water partition coefficient (Wildman–Crippen LogP) is 0.0776. The van der Waals surface area contributed by atoms with Crippen molar-refractivity contribution in [2.24, 2.45) is 0 Å². The topological polar surface area (TPSA) is 15.3 Å². The van der Waals surface area contributed by atoms with Crippen LogP contribution in [0, 0.1) is 0 Å². The van der Waals surface area contributed by atoms with Gasteiger partial charge in [-0.15, -0.1) is 6.58 Å². The van der Waals surface area contributed by atoms with E-state index >= 15 is 0 Å². The highest BCUT2D eigenvalue weighted by Crippen LogP contribution is 1.89. The van der Waals surface area contributed by atoms with E-state index in [1.54, 1.807) is 0 Å². The smallest absolute Gasteiger partial charge is 0.0161 e. The molecule has 0 saturated carbocycles. The molecule has 2 nitrogen and oxygen atoms in total. The summed E-state index contributed by atoms with van der Waals surface area (Å²) in [6.07, 6.45) is 1.96. The molecule has 0 radical (unpaired) electrons. The Morgan fingerprint density at radius 3 is 2.67 bits per heavy atom. The Kier molecular flexibility index (Phi) is 2.74. The van der Waals surface area contributed by atoms with Gasteiger partial charge in [-0.3, -0.25) is 4.90 Å². The molecule has 0 unspecified atom stereocenters. The van der Waals surface area contributed by atoms with Crippen LogP contribution < -0.4 is 5.32 Å². The normalized spacial score (nSPS) is 21.8. The van der Waals surface area contributed by atoms with E-state index in [0.29, 0.717) is 0 Å². The monoisotopic (exact) mass is 127 g/mol. The van der Waals surface area contributed by atoms with Crippen LogP contribution in [0.2, 0.25) is 0 Å². The number of hydrogen-bond donors (Lipinski definition) is 1. The van der Waals surface area contributed by atoms with E-state index in [9.17, 15) is 0 Å². The number of nitrogens with one attached hydrogen (secondary N) is 1. The van der Waals surface area contributed by atoms with Crippen LogP contribution in [-0.4, -0.2) is 37.6 Å². The maximum Gasteiger partial charge on any atom is 0.0161 e. The van der Waals surface area contributed by atoms with Crippen LogP contribution in [0.3, 0.4) is 0 Å². The Morgan fingerprint density at radius 1 is 1.44 bits per heavy atom. The van der Waals surface area contributed by atoms with Crippen molar-refractivity contribution in [3.05, 3.63) is 12.7 Å². The maximum atomic E-state index is 3.69. The number of hydrogen-bond acceptors (Lipinski definition) is 2. The zero-order valence-electron chi connectivity index (χ0n) is 5.77. The standard InChI is InChI=1S/C7H14N2/c1-2-5-9-6-3-8-4-7-9/h2,8H,1,3-7H2/i6+1. The Morgan fingerprint density at radius 2 is 2.11 bits per heavy atom. The zero-order chi connectivity index (χ0) is 6.53. The summed E-state index contributed by atoms with van der Waals surface area (Å²) in [7, 11) is 0. The molecule has 0 aromatic carbocycles. The second-order valence-electron chi connectivity index (χ2n) is 2.34. The van der Waals surface area contributed by atoms with Gasteiger partial charge in [0.25, 0.3) is 0 Å². The van der Waals surface area contributed by atoms with Gasteiger partial charge in [-0.25, -0.2) is 0 Å². The first-order chi connectivity index (χ1) is 4.43. The summed E-state index contributed by atoms with van der Waals surface area (Å²) in [4.78, 5) is 2.39. The van der Waals surface area contributed by atoms with Crippen molar-refractivity contribution in [3.8, 4) is 0 Å². The van der Waals surface area contributed by atoms with E-state index in [-0.39, 0.29) is 0 Å². The molecule has 0 aromatic heterocycles. The second kappa shape index (κ2) is 3.64. The molecule has 2 heteroatoms. The van der Waals surface area contributed by atoms with Crippen molar-refractivity contribution in [2.75, 3.05) is 32.7 Å². The van der Waals surface area contributed by atoms with Crippen LogP contribution in [0.25, 0.3) is 0 Å². The molecule has 1 aliphatic rings. The summed E-state index contributed by atoms with van der Waals surface area (Å²) in [5, 5.41) is 3.30. The van der Waals surface area contributed by atoms with Gasteiger partial charge in [-0.1, -0.05) is 6.08 Å². The summed E-state index contributed by atoms with van der Waals surface area (Å²) < 4.78 is 0. The molecule has 1 saturated heterocycles. The Labute approximate surface area is 56.5 Å². The molecule has 1 heterocycles. The van der Waals surface area contributed by atoms with Gasteiger partial charge in [0.15, 0.2) is 0 Å². The van der Waals surface area contributed by atoms with E-state index in [2.05, 4.69) is 16.8 Å². The number of nitrogens with zero attached hydrogens (tertiary/aromatic N) is 1. The molecule has 0 spiro atoms. The molecule has 0 aromatic rings. The highest BCUT2D eigenvalue weighted by atomic mass is 15.3. The summed E-state index contributed by atoms with van der Waals surface area (Å²) in [6.45, 7) is 9.35. The van der Waals surface area contributed by atoms with Crippen LogP contribution >= 0.6 is 0 Å². The molecule has 0 atom stereocenters. The first kappa shape index (κ1) is 6.78. The van der Waals surface area contributed by atoms with Gasteiger partial charge in [-0.05, 0) is 0 Å². The fourth-order valence-electron chi connectivity index (χ4n) is 1.08. The van der Waals surface area contributed by atoms with E-state index in [0.717, 1.165) is 19.6 Å². The van der Waals surface area contributed by atoms with E-state index in [1.165, 1.54) is 13.1 Å². The predicted molar refractivity (Wildman–Crippen MR) is 39.5 cm³/mol. The third-order valence-corrected chi connectivity index (χ3v) is 1.60. The summed E-state index contributed by atoms with van der Waals surface area (Å²) >= 11 is 0. The van der Waals surface area contributed by atoms with E-state index < -0.39 is 0 Å². The highest BCUT2D eigenvalue weighted by Gasteiger charge is 2.05. The lowest BCUT2D eigenvalue weighted by molar-refractivity contribution is 0.265. The third-order valence-electron chi connectivity index (χ3n) is 1.60. The minimum absolute atomic E-state index is 1.04.